The van der Waals surface area contributed by atoms with Crippen LogP contribution in [0.1, 0.15) is 27.7 Å². The monoisotopic (exact) mass is 365 g/mol. The molecule has 3 aromatic rings. The summed E-state index contributed by atoms with van der Waals surface area (Å²) in [5.41, 5.74) is 1.66. The molecule has 1 fully saturated rings. The quantitative estimate of drug-likeness (QED) is 0.609. The molecule has 3 heterocycles. The predicted octanol–water partition coefficient (Wildman–Crippen LogP) is 4.10. The molecule has 6 heteroatoms. The van der Waals surface area contributed by atoms with Crippen LogP contribution in [0, 0.1) is 5.82 Å². The Balaban J connectivity index is 1.66. The van der Waals surface area contributed by atoms with Crippen LogP contribution in [-0.2, 0) is 16.0 Å². The van der Waals surface area contributed by atoms with Crippen LogP contribution in [0.3, 0.4) is 0 Å². The lowest BCUT2D eigenvalue weighted by Crippen LogP contribution is -2.41. The second kappa shape index (κ2) is 5.36. The molecule has 138 valence electrons. The van der Waals surface area contributed by atoms with Gasteiger partial charge in [-0.1, -0.05) is 24.3 Å². The van der Waals surface area contributed by atoms with Crippen LogP contribution in [0.25, 0.3) is 22.2 Å². The fourth-order valence-electron chi connectivity index (χ4n) is 3.78. The van der Waals surface area contributed by atoms with Gasteiger partial charge in [0.2, 0.25) is 0 Å². The van der Waals surface area contributed by atoms with E-state index < -0.39 is 18.3 Å². The molecule has 0 saturated carbocycles. The highest BCUT2D eigenvalue weighted by Gasteiger charge is 2.52. The van der Waals surface area contributed by atoms with Crippen molar-refractivity contribution in [2.45, 2.75) is 45.6 Å². The van der Waals surface area contributed by atoms with Crippen molar-refractivity contribution in [2.75, 3.05) is 0 Å². The third-order valence-corrected chi connectivity index (χ3v) is 6.06. The number of hydrogen-bond acceptors (Lipinski definition) is 3. The Hall–Kier alpha value is -2.31. The molecule has 4 nitrogen and oxygen atoms in total. The van der Waals surface area contributed by atoms with Gasteiger partial charge in [0.15, 0.2) is 6.73 Å². The molecule has 0 bridgehead atoms. The summed E-state index contributed by atoms with van der Waals surface area (Å²) >= 11 is 0. The van der Waals surface area contributed by atoms with Gasteiger partial charge < -0.3 is 18.6 Å². The molecule has 2 aliphatic rings. The average molecular weight is 365 g/mol. The van der Waals surface area contributed by atoms with Crippen LogP contribution in [0.15, 0.2) is 42.5 Å². The first-order valence-corrected chi connectivity index (χ1v) is 9.18. The molecule has 0 unspecified atom stereocenters. The Kier molecular flexibility index (Phi) is 3.35. The van der Waals surface area contributed by atoms with Crippen LogP contribution in [0.5, 0.6) is 5.75 Å². The molecular weight excluding hydrogens is 344 g/mol. The van der Waals surface area contributed by atoms with Crippen LogP contribution in [0.4, 0.5) is 4.39 Å². The van der Waals surface area contributed by atoms with Gasteiger partial charge in [-0.3, -0.25) is 0 Å². The normalized spacial score (nSPS) is 19.7. The highest BCUT2D eigenvalue weighted by molar-refractivity contribution is 6.62. The van der Waals surface area contributed by atoms with E-state index in [4.69, 9.17) is 14.0 Å². The Labute approximate surface area is 158 Å². The number of fused-ring (bicyclic) bond motifs is 5. The lowest BCUT2D eigenvalue weighted by Gasteiger charge is -2.32. The van der Waals surface area contributed by atoms with Crippen molar-refractivity contribution < 1.29 is 18.4 Å². The van der Waals surface area contributed by atoms with E-state index in [1.807, 2.05) is 62.6 Å². The first-order chi connectivity index (χ1) is 12.8. The number of rotatable bonds is 1. The first kappa shape index (κ1) is 16.8. The minimum atomic E-state index is -0.750. The molecule has 0 spiro atoms. The van der Waals surface area contributed by atoms with Gasteiger partial charge in [-0.25, -0.2) is 4.39 Å². The largest absolute Gasteiger partial charge is 0.497 e. The zero-order valence-electron chi connectivity index (χ0n) is 15.9. The Morgan fingerprint density at radius 3 is 2.44 bits per heavy atom. The SMILES string of the molecule is CC1(C)OB(c2ccc3c(c2F)-c2cc4ccccc4n2CO3)OC1(C)C. The second-order valence-corrected chi connectivity index (χ2v) is 8.22. The highest BCUT2D eigenvalue weighted by Crippen LogP contribution is 2.41. The summed E-state index contributed by atoms with van der Waals surface area (Å²) in [5, 5.41) is 1.06. The van der Waals surface area contributed by atoms with Crippen molar-refractivity contribution in [2.24, 2.45) is 0 Å². The number of halogens is 1. The number of hydrogen-bond donors (Lipinski definition) is 0. The molecular formula is C21H21BFNO3. The molecule has 1 saturated heterocycles. The van der Waals surface area contributed by atoms with Crippen molar-refractivity contribution in [1.82, 2.24) is 4.57 Å². The molecule has 0 radical (unpaired) electrons. The molecule has 0 amide bonds. The molecule has 27 heavy (non-hydrogen) atoms. The van der Waals surface area contributed by atoms with Gasteiger partial charge >= 0.3 is 7.12 Å². The van der Waals surface area contributed by atoms with Gasteiger partial charge in [0.1, 0.15) is 11.6 Å². The number of benzene rings is 2. The van der Waals surface area contributed by atoms with Gasteiger partial charge in [0.25, 0.3) is 0 Å². The topological polar surface area (TPSA) is 32.6 Å². The lowest BCUT2D eigenvalue weighted by molar-refractivity contribution is 0.00578. The molecule has 5 rings (SSSR count). The minimum Gasteiger partial charge on any atom is -0.472 e. The number of para-hydroxylation sites is 1. The van der Waals surface area contributed by atoms with E-state index in [9.17, 15) is 0 Å². The molecule has 0 aliphatic carbocycles. The second-order valence-electron chi connectivity index (χ2n) is 8.22. The van der Waals surface area contributed by atoms with Crippen molar-refractivity contribution in [3.05, 3.63) is 48.3 Å². The van der Waals surface area contributed by atoms with Gasteiger partial charge in [-0.2, -0.15) is 0 Å². The van der Waals surface area contributed by atoms with E-state index in [2.05, 4.69) is 0 Å². The third kappa shape index (κ3) is 2.30. The zero-order valence-corrected chi connectivity index (χ0v) is 15.9. The lowest BCUT2D eigenvalue weighted by atomic mass is 9.77. The fraction of sp³-hybridized carbons (Fsp3) is 0.333. The summed E-state index contributed by atoms with van der Waals surface area (Å²) in [5.74, 6) is 0.192. The minimum absolute atomic E-state index is 0.352. The molecule has 0 N–H and O–H groups in total. The van der Waals surface area contributed by atoms with Gasteiger partial charge in [0.05, 0.1) is 28.0 Å². The summed E-state index contributed by atoms with van der Waals surface area (Å²) in [7, 11) is -0.750. The van der Waals surface area contributed by atoms with Gasteiger partial charge in [-0.05, 0) is 45.9 Å². The van der Waals surface area contributed by atoms with E-state index in [0.29, 0.717) is 23.5 Å². The maximum Gasteiger partial charge on any atom is 0.497 e. The number of ether oxygens (including phenoxy) is 1. The van der Waals surface area contributed by atoms with Crippen molar-refractivity contribution >= 4 is 23.5 Å². The molecule has 1 aromatic heterocycles. The first-order valence-electron chi connectivity index (χ1n) is 9.18. The van der Waals surface area contributed by atoms with Crippen molar-refractivity contribution in [3.8, 4) is 17.0 Å². The van der Waals surface area contributed by atoms with Crippen LogP contribution >= 0.6 is 0 Å². The number of nitrogens with zero attached hydrogens (tertiary/aromatic N) is 1. The van der Waals surface area contributed by atoms with E-state index >= 15 is 4.39 Å². The smallest absolute Gasteiger partial charge is 0.472 e. The van der Waals surface area contributed by atoms with Gasteiger partial charge in [-0.15, -0.1) is 0 Å². The predicted molar refractivity (Wildman–Crippen MR) is 104 cm³/mol. The molecule has 2 aliphatic heterocycles. The summed E-state index contributed by atoms with van der Waals surface area (Å²) in [6, 6.07) is 13.5. The average Bonchev–Trinajstić information content (AvgIpc) is 3.08. The summed E-state index contributed by atoms with van der Waals surface area (Å²) in [4.78, 5) is 0. The Morgan fingerprint density at radius 1 is 1.00 bits per heavy atom. The van der Waals surface area contributed by atoms with Crippen molar-refractivity contribution in [1.29, 1.82) is 0 Å². The Morgan fingerprint density at radius 2 is 1.70 bits per heavy atom. The zero-order chi connectivity index (χ0) is 19.0. The summed E-state index contributed by atoms with van der Waals surface area (Å²) in [6.45, 7) is 8.22. The van der Waals surface area contributed by atoms with E-state index in [-0.39, 0.29) is 5.82 Å². The number of aromatic nitrogens is 1. The third-order valence-electron chi connectivity index (χ3n) is 6.06. The van der Waals surface area contributed by atoms with E-state index in [1.165, 1.54) is 0 Å². The Bertz CT molecular complexity index is 1060. The summed E-state index contributed by atoms with van der Waals surface area (Å²) in [6.07, 6.45) is 0. The van der Waals surface area contributed by atoms with Gasteiger partial charge in [0, 0.05) is 10.8 Å². The maximum atomic E-state index is 15.7. The summed E-state index contributed by atoms with van der Waals surface area (Å²) < 4.78 is 35.6. The van der Waals surface area contributed by atoms with Crippen LogP contribution in [0.2, 0.25) is 0 Å². The van der Waals surface area contributed by atoms with E-state index in [1.54, 1.807) is 12.1 Å². The maximum absolute atomic E-state index is 15.7. The van der Waals surface area contributed by atoms with Crippen LogP contribution in [-0.4, -0.2) is 22.9 Å². The molecule has 0 atom stereocenters. The fourth-order valence-corrected chi connectivity index (χ4v) is 3.78. The van der Waals surface area contributed by atoms with Crippen molar-refractivity contribution in [3.63, 3.8) is 0 Å². The molecule has 2 aromatic carbocycles. The highest BCUT2D eigenvalue weighted by atomic mass is 19.1. The van der Waals surface area contributed by atoms with Crippen LogP contribution < -0.4 is 10.2 Å². The standard InChI is InChI=1S/C21H21BFNO3/c1-20(2)21(3,4)27-22(26-20)14-9-10-17-18(19(14)23)16-11-13-7-5-6-8-15(13)24(16)12-25-17/h5-11H,12H2,1-4H3. The van der Waals surface area contributed by atoms with E-state index in [0.717, 1.165) is 16.6 Å².